The van der Waals surface area contributed by atoms with E-state index in [0.717, 1.165) is 22.3 Å². The van der Waals surface area contributed by atoms with Gasteiger partial charge in [-0.05, 0) is 44.4 Å². The number of imide groups is 1. The van der Waals surface area contributed by atoms with Crippen molar-refractivity contribution in [3.8, 4) is 0 Å². The molecule has 1 aliphatic heterocycles. The van der Waals surface area contributed by atoms with Crippen molar-refractivity contribution in [3.05, 3.63) is 75.7 Å². The molecule has 0 saturated heterocycles. The number of thioether (sulfide) groups is 1. The number of benzene rings is 2. The number of hydrogen-bond donors (Lipinski definition) is 0. The Balaban J connectivity index is 2.04. The highest BCUT2D eigenvalue weighted by molar-refractivity contribution is 8.03. The zero-order valence-corrected chi connectivity index (χ0v) is 16.4. The van der Waals surface area contributed by atoms with Crippen LogP contribution in [0, 0.1) is 13.8 Å². The van der Waals surface area contributed by atoms with Crippen molar-refractivity contribution in [2.75, 3.05) is 0 Å². The summed E-state index contributed by atoms with van der Waals surface area (Å²) in [5.74, 6) is 0.295. The van der Waals surface area contributed by atoms with Gasteiger partial charge in [0.25, 0.3) is 11.8 Å². The molecular weight excluding hydrogens is 342 g/mol. The molecule has 0 aromatic heterocycles. The molecule has 0 spiro atoms. The highest BCUT2D eigenvalue weighted by Gasteiger charge is 2.40. The lowest BCUT2D eigenvalue weighted by atomic mass is 9.98. The van der Waals surface area contributed by atoms with Crippen LogP contribution in [0.15, 0.2) is 53.4 Å². The number of amides is 2. The average Bonchev–Trinajstić information content (AvgIpc) is 2.84. The molecule has 0 atom stereocenters. The number of rotatable bonds is 5. The molecule has 0 aliphatic carbocycles. The van der Waals surface area contributed by atoms with E-state index in [-0.39, 0.29) is 17.9 Å². The number of carbonyl (C=O) groups excluding carboxylic acids is 2. The normalized spacial score (nSPS) is 14.7. The van der Waals surface area contributed by atoms with Crippen molar-refractivity contribution in [2.24, 2.45) is 0 Å². The third-order valence-electron chi connectivity index (χ3n) is 4.47. The summed E-state index contributed by atoms with van der Waals surface area (Å²) >= 11 is 1.45. The van der Waals surface area contributed by atoms with Gasteiger partial charge < -0.3 is 0 Å². The van der Waals surface area contributed by atoms with Gasteiger partial charge in [0.05, 0.1) is 10.5 Å². The molecule has 2 amide bonds. The summed E-state index contributed by atoms with van der Waals surface area (Å²) in [4.78, 5) is 27.9. The molecule has 0 unspecified atom stereocenters. The average molecular weight is 365 g/mol. The van der Waals surface area contributed by atoms with Gasteiger partial charge in [0, 0.05) is 11.8 Å². The van der Waals surface area contributed by atoms with Crippen molar-refractivity contribution < 1.29 is 9.59 Å². The van der Waals surface area contributed by atoms with Gasteiger partial charge in [-0.3, -0.25) is 14.5 Å². The minimum absolute atomic E-state index is 0.162. The van der Waals surface area contributed by atoms with Gasteiger partial charge >= 0.3 is 0 Å². The topological polar surface area (TPSA) is 37.4 Å². The number of carbonyl (C=O) groups is 2. The van der Waals surface area contributed by atoms with Gasteiger partial charge in [-0.15, -0.1) is 11.8 Å². The SMILES string of the molecule is Cc1ccc(C2=C(SCc3ccccc3)C(=O)N(C(C)C)C2=O)c(C)c1. The predicted molar refractivity (Wildman–Crippen MR) is 108 cm³/mol. The second-order valence-corrected chi connectivity index (χ2v) is 7.86. The number of aryl methyl sites for hydroxylation is 2. The maximum absolute atomic E-state index is 13.1. The fraction of sp³-hybridized carbons (Fsp3) is 0.273. The Bertz CT molecular complexity index is 884. The molecule has 0 radical (unpaired) electrons. The van der Waals surface area contributed by atoms with Crippen LogP contribution in [0.1, 0.15) is 36.1 Å². The first-order valence-electron chi connectivity index (χ1n) is 8.76. The van der Waals surface area contributed by atoms with E-state index < -0.39 is 0 Å². The van der Waals surface area contributed by atoms with E-state index >= 15 is 0 Å². The Morgan fingerprint density at radius 3 is 2.27 bits per heavy atom. The Morgan fingerprint density at radius 2 is 1.65 bits per heavy atom. The molecule has 0 fully saturated rings. The largest absolute Gasteiger partial charge is 0.271 e. The second-order valence-electron chi connectivity index (χ2n) is 6.87. The molecule has 1 heterocycles. The lowest BCUT2D eigenvalue weighted by Crippen LogP contribution is -2.37. The molecule has 134 valence electrons. The lowest BCUT2D eigenvalue weighted by Gasteiger charge is -2.19. The first kappa shape index (κ1) is 18.5. The molecule has 0 N–H and O–H groups in total. The van der Waals surface area contributed by atoms with E-state index in [0.29, 0.717) is 16.2 Å². The Kier molecular flexibility index (Phi) is 5.33. The Labute approximate surface area is 159 Å². The molecule has 0 bridgehead atoms. The minimum atomic E-state index is -0.187. The van der Waals surface area contributed by atoms with E-state index in [4.69, 9.17) is 0 Å². The van der Waals surface area contributed by atoms with Crippen LogP contribution >= 0.6 is 11.8 Å². The Hall–Kier alpha value is -2.33. The summed E-state index contributed by atoms with van der Waals surface area (Å²) in [6.07, 6.45) is 0. The first-order valence-corrected chi connectivity index (χ1v) is 9.75. The lowest BCUT2D eigenvalue weighted by molar-refractivity contribution is -0.138. The summed E-state index contributed by atoms with van der Waals surface area (Å²) in [6.45, 7) is 7.77. The standard InChI is InChI=1S/C22H23NO2S/c1-14(2)23-21(24)19(18-11-10-15(3)12-16(18)4)20(22(23)25)26-13-17-8-6-5-7-9-17/h5-12,14H,13H2,1-4H3. The van der Waals surface area contributed by atoms with Crippen LogP contribution < -0.4 is 0 Å². The Morgan fingerprint density at radius 1 is 0.962 bits per heavy atom. The zero-order valence-electron chi connectivity index (χ0n) is 15.6. The van der Waals surface area contributed by atoms with Crippen LogP contribution in [0.2, 0.25) is 0 Å². The fourth-order valence-electron chi connectivity index (χ4n) is 3.19. The van der Waals surface area contributed by atoms with Crippen molar-refractivity contribution in [1.29, 1.82) is 0 Å². The highest BCUT2D eigenvalue weighted by atomic mass is 32.2. The maximum Gasteiger partial charge on any atom is 0.268 e. The molecule has 0 saturated carbocycles. The van der Waals surface area contributed by atoms with Crippen LogP contribution in [-0.2, 0) is 15.3 Å². The van der Waals surface area contributed by atoms with Gasteiger partial charge in [-0.2, -0.15) is 0 Å². The monoisotopic (exact) mass is 365 g/mol. The van der Waals surface area contributed by atoms with Crippen molar-refractivity contribution >= 4 is 29.1 Å². The van der Waals surface area contributed by atoms with Crippen LogP contribution in [0.3, 0.4) is 0 Å². The van der Waals surface area contributed by atoms with Crippen LogP contribution in [0.4, 0.5) is 0 Å². The molecule has 1 aliphatic rings. The summed E-state index contributed by atoms with van der Waals surface area (Å²) in [5.41, 5.74) is 4.69. The van der Waals surface area contributed by atoms with Crippen molar-refractivity contribution in [1.82, 2.24) is 4.90 Å². The van der Waals surface area contributed by atoms with Crippen molar-refractivity contribution in [3.63, 3.8) is 0 Å². The first-order chi connectivity index (χ1) is 12.4. The van der Waals surface area contributed by atoms with Crippen LogP contribution in [0.5, 0.6) is 0 Å². The molecule has 26 heavy (non-hydrogen) atoms. The maximum atomic E-state index is 13.1. The molecule has 4 heteroatoms. The zero-order chi connectivity index (χ0) is 18.8. The molecule has 3 nitrogen and oxygen atoms in total. The van der Waals surface area contributed by atoms with Gasteiger partial charge in [-0.1, -0.05) is 54.1 Å². The van der Waals surface area contributed by atoms with Crippen LogP contribution in [0.25, 0.3) is 5.57 Å². The predicted octanol–water partition coefficient (Wildman–Crippen LogP) is 4.73. The second kappa shape index (κ2) is 7.50. The number of hydrogen-bond acceptors (Lipinski definition) is 3. The van der Waals surface area contributed by atoms with E-state index in [1.165, 1.54) is 16.7 Å². The fourth-order valence-corrected chi connectivity index (χ4v) is 4.26. The summed E-state index contributed by atoms with van der Waals surface area (Å²) < 4.78 is 0. The molecular formula is C22H23NO2S. The smallest absolute Gasteiger partial charge is 0.268 e. The van der Waals surface area contributed by atoms with E-state index in [1.54, 1.807) is 0 Å². The van der Waals surface area contributed by atoms with E-state index in [2.05, 4.69) is 6.07 Å². The summed E-state index contributed by atoms with van der Waals surface area (Å²) in [6, 6.07) is 15.8. The summed E-state index contributed by atoms with van der Waals surface area (Å²) in [5, 5.41) is 0. The number of nitrogens with zero attached hydrogens (tertiary/aromatic N) is 1. The van der Waals surface area contributed by atoms with E-state index in [1.807, 2.05) is 70.2 Å². The van der Waals surface area contributed by atoms with Gasteiger partial charge in [0.15, 0.2) is 0 Å². The highest BCUT2D eigenvalue weighted by Crippen LogP contribution is 2.39. The third kappa shape index (κ3) is 3.47. The van der Waals surface area contributed by atoms with Gasteiger partial charge in [0.2, 0.25) is 0 Å². The molecule has 2 aromatic rings. The molecule has 3 rings (SSSR count). The summed E-state index contributed by atoms with van der Waals surface area (Å²) in [7, 11) is 0. The van der Waals surface area contributed by atoms with Gasteiger partial charge in [-0.25, -0.2) is 0 Å². The van der Waals surface area contributed by atoms with Gasteiger partial charge in [0.1, 0.15) is 0 Å². The quantitative estimate of drug-likeness (QED) is 0.719. The third-order valence-corrected chi connectivity index (χ3v) is 5.61. The minimum Gasteiger partial charge on any atom is -0.271 e. The van der Waals surface area contributed by atoms with Crippen molar-refractivity contribution in [2.45, 2.75) is 39.5 Å². The van der Waals surface area contributed by atoms with Crippen LogP contribution in [-0.4, -0.2) is 22.8 Å². The molecule has 2 aromatic carbocycles. The van der Waals surface area contributed by atoms with E-state index in [9.17, 15) is 9.59 Å².